The molecule has 1 aromatic heterocycles. The van der Waals surface area contributed by atoms with Gasteiger partial charge in [0.15, 0.2) is 0 Å². The molecule has 0 unspecified atom stereocenters. The highest BCUT2D eigenvalue weighted by atomic mass is 35.5. The lowest BCUT2D eigenvalue weighted by molar-refractivity contribution is 0.753. The fourth-order valence-electron chi connectivity index (χ4n) is 2.68. The van der Waals surface area contributed by atoms with Crippen LogP contribution in [0, 0.1) is 0 Å². The molecule has 0 atom stereocenters. The monoisotopic (exact) mass is 304 g/mol. The Kier molecular flexibility index (Phi) is 4.68. The van der Waals surface area contributed by atoms with E-state index in [0.29, 0.717) is 11.9 Å². The van der Waals surface area contributed by atoms with E-state index < -0.39 is 0 Å². The fourth-order valence-corrected chi connectivity index (χ4v) is 2.68. The molecule has 21 heavy (non-hydrogen) atoms. The predicted octanol–water partition coefficient (Wildman–Crippen LogP) is 3.69. The van der Waals surface area contributed by atoms with Gasteiger partial charge >= 0.3 is 0 Å². The minimum Gasteiger partial charge on any atom is -0.368 e. The molecule has 1 aromatic carbocycles. The van der Waals surface area contributed by atoms with Crippen molar-refractivity contribution in [3.63, 3.8) is 0 Å². The van der Waals surface area contributed by atoms with Gasteiger partial charge in [-0.2, -0.15) is 4.98 Å². The SMILES string of the molecule is CC(C)c1cc(N2CCCc3ccccc32)nc(N)n1.Cl. The number of hydrogen-bond donors (Lipinski definition) is 1. The van der Waals surface area contributed by atoms with Crippen molar-refractivity contribution in [3.05, 3.63) is 41.6 Å². The van der Waals surface area contributed by atoms with Crippen LogP contribution in [0.15, 0.2) is 30.3 Å². The Hall–Kier alpha value is -1.81. The van der Waals surface area contributed by atoms with Crippen LogP contribution < -0.4 is 10.6 Å². The van der Waals surface area contributed by atoms with E-state index in [0.717, 1.165) is 30.9 Å². The molecule has 4 nitrogen and oxygen atoms in total. The van der Waals surface area contributed by atoms with Crippen molar-refractivity contribution in [2.75, 3.05) is 17.2 Å². The van der Waals surface area contributed by atoms with Gasteiger partial charge in [-0.25, -0.2) is 4.98 Å². The smallest absolute Gasteiger partial charge is 0.222 e. The van der Waals surface area contributed by atoms with Gasteiger partial charge in [-0.15, -0.1) is 12.4 Å². The largest absolute Gasteiger partial charge is 0.368 e. The summed E-state index contributed by atoms with van der Waals surface area (Å²) in [5.74, 6) is 1.61. The normalized spacial score (nSPS) is 13.8. The number of benzene rings is 1. The van der Waals surface area contributed by atoms with Gasteiger partial charge in [0.25, 0.3) is 0 Å². The van der Waals surface area contributed by atoms with Crippen molar-refractivity contribution in [2.45, 2.75) is 32.6 Å². The highest BCUT2D eigenvalue weighted by Crippen LogP contribution is 2.33. The minimum absolute atomic E-state index is 0. The number of aromatic nitrogens is 2. The van der Waals surface area contributed by atoms with Crippen LogP contribution in [-0.4, -0.2) is 16.5 Å². The molecule has 1 aliphatic heterocycles. The molecule has 2 heterocycles. The van der Waals surface area contributed by atoms with E-state index in [2.05, 4.69) is 59.0 Å². The van der Waals surface area contributed by atoms with Crippen LogP contribution >= 0.6 is 12.4 Å². The van der Waals surface area contributed by atoms with E-state index in [1.807, 2.05) is 0 Å². The number of halogens is 1. The van der Waals surface area contributed by atoms with Crippen molar-refractivity contribution >= 4 is 29.9 Å². The van der Waals surface area contributed by atoms with Crippen molar-refractivity contribution < 1.29 is 0 Å². The Bertz CT molecular complexity index is 627. The minimum atomic E-state index is 0. The van der Waals surface area contributed by atoms with Crippen LogP contribution in [0.1, 0.15) is 37.4 Å². The Labute approximate surface area is 131 Å². The summed E-state index contributed by atoms with van der Waals surface area (Å²) in [6.07, 6.45) is 2.27. The molecule has 2 N–H and O–H groups in total. The number of anilines is 3. The molecule has 2 aromatic rings. The predicted molar refractivity (Wildman–Crippen MR) is 89.6 cm³/mol. The van der Waals surface area contributed by atoms with Gasteiger partial charge in [-0.05, 0) is 30.4 Å². The highest BCUT2D eigenvalue weighted by molar-refractivity contribution is 5.85. The van der Waals surface area contributed by atoms with Crippen molar-refractivity contribution in [1.82, 2.24) is 9.97 Å². The summed E-state index contributed by atoms with van der Waals surface area (Å²) >= 11 is 0. The van der Waals surface area contributed by atoms with Crippen molar-refractivity contribution in [3.8, 4) is 0 Å². The lowest BCUT2D eigenvalue weighted by atomic mass is 10.0. The molecular formula is C16H21ClN4. The molecule has 0 radical (unpaired) electrons. The molecule has 0 aliphatic carbocycles. The molecule has 0 saturated heterocycles. The van der Waals surface area contributed by atoms with Crippen molar-refractivity contribution in [1.29, 1.82) is 0 Å². The van der Waals surface area contributed by atoms with Gasteiger partial charge in [-0.3, -0.25) is 0 Å². The molecule has 0 bridgehead atoms. The van der Waals surface area contributed by atoms with Crippen LogP contribution in [0.3, 0.4) is 0 Å². The number of nitrogen functional groups attached to an aromatic ring is 1. The summed E-state index contributed by atoms with van der Waals surface area (Å²) in [5, 5.41) is 0. The lowest BCUT2D eigenvalue weighted by Gasteiger charge is -2.30. The van der Waals surface area contributed by atoms with Gasteiger partial charge in [0.1, 0.15) is 5.82 Å². The summed E-state index contributed by atoms with van der Waals surface area (Å²) in [5.41, 5.74) is 9.49. The second kappa shape index (κ2) is 6.31. The lowest BCUT2D eigenvalue weighted by Crippen LogP contribution is -2.26. The van der Waals surface area contributed by atoms with Crippen LogP contribution in [-0.2, 0) is 6.42 Å². The van der Waals surface area contributed by atoms with Crippen molar-refractivity contribution in [2.24, 2.45) is 0 Å². The zero-order valence-corrected chi connectivity index (χ0v) is 13.2. The van der Waals surface area contributed by atoms with Gasteiger partial charge in [0, 0.05) is 18.3 Å². The van der Waals surface area contributed by atoms with E-state index in [4.69, 9.17) is 5.73 Å². The summed E-state index contributed by atoms with van der Waals surface area (Å²) in [4.78, 5) is 11.0. The van der Waals surface area contributed by atoms with E-state index in [9.17, 15) is 0 Å². The molecular weight excluding hydrogens is 284 g/mol. The van der Waals surface area contributed by atoms with Gasteiger partial charge in [0.2, 0.25) is 5.95 Å². The summed E-state index contributed by atoms with van der Waals surface area (Å²) in [7, 11) is 0. The van der Waals surface area contributed by atoms with E-state index in [-0.39, 0.29) is 12.4 Å². The van der Waals surface area contributed by atoms with Crippen LogP contribution in [0.4, 0.5) is 17.5 Å². The average Bonchev–Trinajstić information content (AvgIpc) is 2.46. The molecule has 112 valence electrons. The molecule has 0 amide bonds. The molecule has 5 heteroatoms. The number of nitrogens with zero attached hydrogens (tertiary/aromatic N) is 3. The number of hydrogen-bond acceptors (Lipinski definition) is 4. The number of para-hydroxylation sites is 1. The van der Waals surface area contributed by atoms with Gasteiger partial charge < -0.3 is 10.6 Å². The first-order chi connectivity index (χ1) is 9.65. The number of nitrogens with two attached hydrogens (primary N) is 1. The summed E-state index contributed by atoms with van der Waals surface area (Å²) < 4.78 is 0. The maximum Gasteiger partial charge on any atom is 0.222 e. The Balaban J connectivity index is 0.00000161. The first-order valence-corrected chi connectivity index (χ1v) is 7.15. The van der Waals surface area contributed by atoms with Gasteiger partial charge in [-0.1, -0.05) is 32.0 Å². The van der Waals surface area contributed by atoms with E-state index >= 15 is 0 Å². The van der Waals surface area contributed by atoms with Crippen LogP contribution in [0.5, 0.6) is 0 Å². The first kappa shape index (κ1) is 15.6. The van der Waals surface area contributed by atoms with E-state index in [1.54, 1.807) is 0 Å². The third kappa shape index (κ3) is 3.10. The first-order valence-electron chi connectivity index (χ1n) is 7.15. The highest BCUT2D eigenvalue weighted by Gasteiger charge is 2.20. The zero-order valence-electron chi connectivity index (χ0n) is 12.4. The summed E-state index contributed by atoms with van der Waals surface area (Å²) in [6, 6.07) is 10.6. The van der Waals surface area contributed by atoms with E-state index in [1.165, 1.54) is 11.3 Å². The topological polar surface area (TPSA) is 55.0 Å². The number of aryl methyl sites for hydroxylation is 1. The molecule has 1 aliphatic rings. The molecule has 0 saturated carbocycles. The Morgan fingerprint density at radius 2 is 1.95 bits per heavy atom. The molecule has 3 rings (SSSR count). The number of rotatable bonds is 2. The number of fused-ring (bicyclic) bond motifs is 1. The molecule has 0 fully saturated rings. The second-order valence-corrected chi connectivity index (χ2v) is 5.55. The van der Waals surface area contributed by atoms with Gasteiger partial charge in [0.05, 0.1) is 5.69 Å². The van der Waals surface area contributed by atoms with Crippen LogP contribution in [0.2, 0.25) is 0 Å². The summed E-state index contributed by atoms with van der Waals surface area (Å²) in [6.45, 7) is 5.22. The average molecular weight is 305 g/mol. The fraction of sp³-hybridized carbons (Fsp3) is 0.375. The second-order valence-electron chi connectivity index (χ2n) is 5.55. The zero-order chi connectivity index (χ0) is 14.1. The Morgan fingerprint density at radius 1 is 1.19 bits per heavy atom. The molecule has 0 spiro atoms. The third-order valence-corrected chi connectivity index (χ3v) is 3.73. The standard InChI is InChI=1S/C16H20N4.ClH/c1-11(2)13-10-15(19-16(17)18-13)20-9-5-7-12-6-3-4-8-14(12)20;/h3-4,6,8,10-11H,5,7,9H2,1-2H3,(H2,17,18,19);1H. The maximum absolute atomic E-state index is 5.87. The third-order valence-electron chi connectivity index (χ3n) is 3.73. The Morgan fingerprint density at radius 3 is 2.71 bits per heavy atom. The van der Waals surface area contributed by atoms with Crippen LogP contribution in [0.25, 0.3) is 0 Å². The quantitative estimate of drug-likeness (QED) is 0.919. The maximum atomic E-state index is 5.87.